The highest BCUT2D eigenvalue weighted by Gasteiger charge is 2.13. The second kappa shape index (κ2) is 8.10. The van der Waals surface area contributed by atoms with Gasteiger partial charge in [0.2, 0.25) is 0 Å². The van der Waals surface area contributed by atoms with Crippen LogP contribution < -0.4 is 5.32 Å². The van der Waals surface area contributed by atoms with E-state index in [2.05, 4.69) is 10.1 Å². The topological polar surface area (TPSA) is 84.9 Å². The Bertz CT molecular complexity index is 407. The van der Waals surface area contributed by atoms with Gasteiger partial charge < -0.3 is 19.9 Å². The van der Waals surface area contributed by atoms with Gasteiger partial charge in [0.25, 0.3) is 0 Å². The number of alkyl carbamates (subject to hydrolysis) is 1. The molecule has 0 fully saturated rings. The minimum absolute atomic E-state index is 0.0910. The number of ether oxygens (including phenoxy) is 2. The summed E-state index contributed by atoms with van der Waals surface area (Å²) in [6.45, 7) is 0.959. The number of aliphatic hydroxyl groups excluding tert-OH is 1. The van der Waals surface area contributed by atoms with Crippen molar-refractivity contribution in [1.82, 2.24) is 5.32 Å². The first-order valence-electron chi connectivity index (χ1n) is 5.83. The summed E-state index contributed by atoms with van der Waals surface area (Å²) in [5, 5.41) is 11.4. The standard InChI is InChI=1S/C13H17NO5/c1-10(16)18-9-12(7-15)14-13(17)19-8-11-5-3-2-4-6-11/h2-6,12,15H,7-9H2,1H3,(H,14,17)/t12-/m0/s1. The molecule has 0 radical (unpaired) electrons. The van der Waals surface area contributed by atoms with Gasteiger partial charge in [-0.25, -0.2) is 4.79 Å². The zero-order valence-corrected chi connectivity index (χ0v) is 10.7. The van der Waals surface area contributed by atoms with Gasteiger partial charge >= 0.3 is 12.1 Å². The molecule has 2 N–H and O–H groups in total. The monoisotopic (exact) mass is 267 g/mol. The SMILES string of the molecule is CC(=O)OC[C@H](CO)NC(=O)OCc1ccccc1. The number of aliphatic hydroxyl groups is 1. The van der Waals surface area contributed by atoms with Crippen LogP contribution >= 0.6 is 0 Å². The van der Waals surface area contributed by atoms with Crippen molar-refractivity contribution in [1.29, 1.82) is 0 Å². The quantitative estimate of drug-likeness (QED) is 0.746. The van der Waals surface area contributed by atoms with Gasteiger partial charge in [0.05, 0.1) is 12.6 Å². The Morgan fingerprint density at radius 1 is 1.26 bits per heavy atom. The second-order valence-electron chi connectivity index (χ2n) is 3.89. The molecule has 0 aromatic heterocycles. The molecule has 19 heavy (non-hydrogen) atoms. The molecule has 0 saturated heterocycles. The molecule has 0 unspecified atom stereocenters. The van der Waals surface area contributed by atoms with Gasteiger partial charge in [0, 0.05) is 6.92 Å². The van der Waals surface area contributed by atoms with Crippen molar-refractivity contribution in [3.63, 3.8) is 0 Å². The van der Waals surface area contributed by atoms with E-state index in [1.54, 1.807) is 0 Å². The first kappa shape index (κ1) is 15.0. The highest BCUT2D eigenvalue weighted by molar-refractivity contribution is 5.68. The van der Waals surface area contributed by atoms with Crippen LogP contribution in [0.25, 0.3) is 0 Å². The van der Waals surface area contributed by atoms with Crippen molar-refractivity contribution >= 4 is 12.1 Å². The number of hydrogen-bond donors (Lipinski definition) is 2. The van der Waals surface area contributed by atoms with E-state index in [4.69, 9.17) is 9.84 Å². The molecule has 0 aliphatic rings. The Hall–Kier alpha value is -2.08. The molecule has 6 nitrogen and oxygen atoms in total. The molecule has 1 atom stereocenters. The van der Waals surface area contributed by atoms with Crippen LogP contribution in [0.15, 0.2) is 30.3 Å². The number of carbonyl (C=O) groups is 2. The summed E-state index contributed by atoms with van der Waals surface area (Å²) in [7, 11) is 0. The third kappa shape index (κ3) is 6.42. The van der Waals surface area contributed by atoms with Gasteiger partial charge in [0.1, 0.15) is 13.2 Å². The van der Waals surface area contributed by atoms with Crippen LogP contribution in [0.3, 0.4) is 0 Å². The maximum atomic E-state index is 11.4. The summed E-state index contributed by atoms with van der Waals surface area (Å²) in [5.41, 5.74) is 0.859. The molecule has 1 rings (SSSR count). The first-order chi connectivity index (χ1) is 9.11. The predicted octanol–water partition coefficient (Wildman–Crippen LogP) is 0.837. The van der Waals surface area contributed by atoms with Gasteiger partial charge in [-0.3, -0.25) is 4.79 Å². The van der Waals surface area contributed by atoms with E-state index in [0.717, 1.165) is 5.56 Å². The van der Waals surface area contributed by atoms with Gasteiger partial charge in [-0.1, -0.05) is 30.3 Å². The van der Waals surface area contributed by atoms with Crippen LogP contribution in [0, 0.1) is 0 Å². The van der Waals surface area contributed by atoms with E-state index < -0.39 is 18.1 Å². The lowest BCUT2D eigenvalue weighted by molar-refractivity contribution is -0.141. The van der Waals surface area contributed by atoms with E-state index in [0.29, 0.717) is 0 Å². The molecule has 0 aliphatic carbocycles. The normalized spacial score (nSPS) is 11.5. The van der Waals surface area contributed by atoms with Crippen LogP contribution in [-0.2, 0) is 20.9 Å². The summed E-state index contributed by atoms with van der Waals surface area (Å²) in [6, 6.07) is 8.53. The lowest BCUT2D eigenvalue weighted by atomic mass is 10.2. The largest absolute Gasteiger partial charge is 0.464 e. The third-order valence-corrected chi connectivity index (χ3v) is 2.24. The van der Waals surface area contributed by atoms with Crippen LogP contribution in [0.5, 0.6) is 0 Å². The van der Waals surface area contributed by atoms with Crippen molar-refractivity contribution in [2.45, 2.75) is 19.6 Å². The zero-order valence-electron chi connectivity index (χ0n) is 10.7. The summed E-state index contributed by atoms with van der Waals surface area (Å²) in [4.78, 5) is 22.1. The van der Waals surface area contributed by atoms with Crippen molar-refractivity contribution in [2.75, 3.05) is 13.2 Å². The fraction of sp³-hybridized carbons (Fsp3) is 0.385. The highest BCUT2D eigenvalue weighted by Crippen LogP contribution is 2.00. The molecular formula is C13H17NO5. The summed E-state index contributed by atoms with van der Waals surface area (Å²) < 4.78 is 9.65. The van der Waals surface area contributed by atoms with E-state index in [9.17, 15) is 9.59 Å². The smallest absolute Gasteiger partial charge is 0.407 e. The Balaban J connectivity index is 2.30. The fourth-order valence-electron chi connectivity index (χ4n) is 1.29. The van der Waals surface area contributed by atoms with E-state index in [1.807, 2.05) is 30.3 Å². The van der Waals surface area contributed by atoms with E-state index in [-0.39, 0.29) is 19.8 Å². The van der Waals surface area contributed by atoms with Crippen molar-refractivity contribution < 1.29 is 24.2 Å². The fourth-order valence-corrected chi connectivity index (χ4v) is 1.29. The van der Waals surface area contributed by atoms with Crippen molar-refractivity contribution in [3.05, 3.63) is 35.9 Å². The minimum Gasteiger partial charge on any atom is -0.464 e. The third-order valence-electron chi connectivity index (χ3n) is 2.24. The molecular weight excluding hydrogens is 250 g/mol. The zero-order chi connectivity index (χ0) is 14.1. The van der Waals surface area contributed by atoms with Crippen molar-refractivity contribution in [2.24, 2.45) is 0 Å². The van der Waals surface area contributed by atoms with Gasteiger partial charge in [-0.2, -0.15) is 0 Å². The molecule has 0 aliphatic heterocycles. The van der Waals surface area contributed by atoms with Gasteiger partial charge in [0.15, 0.2) is 0 Å². The number of benzene rings is 1. The molecule has 1 aromatic carbocycles. The maximum absolute atomic E-state index is 11.4. The van der Waals surface area contributed by atoms with Crippen LogP contribution in [0.4, 0.5) is 4.79 Å². The molecule has 0 saturated carbocycles. The maximum Gasteiger partial charge on any atom is 0.407 e. The Morgan fingerprint density at radius 2 is 1.95 bits per heavy atom. The second-order valence-corrected chi connectivity index (χ2v) is 3.89. The lowest BCUT2D eigenvalue weighted by Crippen LogP contribution is -2.41. The summed E-state index contributed by atoms with van der Waals surface area (Å²) in [6.07, 6.45) is -0.671. The average Bonchev–Trinajstić information content (AvgIpc) is 2.42. The van der Waals surface area contributed by atoms with E-state index >= 15 is 0 Å². The molecule has 0 spiro atoms. The minimum atomic E-state index is -0.674. The lowest BCUT2D eigenvalue weighted by Gasteiger charge is -2.15. The molecule has 1 aromatic rings. The molecule has 6 heteroatoms. The Labute approximate surface area is 111 Å². The molecule has 104 valence electrons. The molecule has 1 amide bonds. The average molecular weight is 267 g/mol. The van der Waals surface area contributed by atoms with E-state index in [1.165, 1.54) is 6.92 Å². The van der Waals surface area contributed by atoms with Gasteiger partial charge in [-0.15, -0.1) is 0 Å². The number of rotatable bonds is 6. The molecule has 0 bridgehead atoms. The summed E-state index contributed by atoms with van der Waals surface area (Å²) in [5.74, 6) is -0.474. The highest BCUT2D eigenvalue weighted by atomic mass is 16.6. The van der Waals surface area contributed by atoms with Crippen molar-refractivity contribution in [3.8, 4) is 0 Å². The number of nitrogens with one attached hydrogen (secondary N) is 1. The molecule has 0 heterocycles. The number of amides is 1. The number of esters is 1. The van der Waals surface area contributed by atoms with Crippen LogP contribution in [0.1, 0.15) is 12.5 Å². The first-order valence-corrected chi connectivity index (χ1v) is 5.83. The van der Waals surface area contributed by atoms with Crippen LogP contribution in [0.2, 0.25) is 0 Å². The Kier molecular flexibility index (Phi) is 6.38. The number of hydrogen-bond acceptors (Lipinski definition) is 5. The van der Waals surface area contributed by atoms with Crippen LogP contribution in [-0.4, -0.2) is 36.4 Å². The number of carbonyl (C=O) groups excluding carboxylic acids is 2. The summed E-state index contributed by atoms with van der Waals surface area (Å²) >= 11 is 0. The Morgan fingerprint density at radius 3 is 2.53 bits per heavy atom. The predicted molar refractivity (Wildman–Crippen MR) is 67.3 cm³/mol. The van der Waals surface area contributed by atoms with Gasteiger partial charge in [-0.05, 0) is 5.56 Å².